The van der Waals surface area contributed by atoms with E-state index in [2.05, 4.69) is 46.5 Å². The van der Waals surface area contributed by atoms with Crippen LogP contribution >= 0.6 is 0 Å². The summed E-state index contributed by atoms with van der Waals surface area (Å²) in [7, 11) is 3.92. The molecule has 0 aliphatic carbocycles. The van der Waals surface area contributed by atoms with Crippen molar-refractivity contribution in [3.63, 3.8) is 0 Å². The standard InChI is InChI=1S/C37H38FN7O3/c1-24(38)37(47)45-19-18-44(23-28(45)12-15-39)36-30-14-17-43(31-8-4-6-25-10-11-34(46)42(3)35(25)31)22-27(30)20-33(40-36)48-32-9-5-7-26-21-41(2)16-13-29(26)32/h4-11,20,28H,1,12-14,16-19,21-23H2,2-3H3/t28-/m0/s1. The molecule has 11 heteroatoms. The van der Waals surface area contributed by atoms with Crippen LogP contribution in [0.15, 0.2) is 71.8 Å². The first-order valence-corrected chi connectivity index (χ1v) is 16.3. The van der Waals surface area contributed by atoms with Gasteiger partial charge in [-0.05, 0) is 49.2 Å². The van der Waals surface area contributed by atoms with Gasteiger partial charge in [-0.1, -0.05) is 30.8 Å². The molecule has 1 atom stereocenters. The molecule has 3 aliphatic rings. The zero-order chi connectivity index (χ0) is 33.5. The largest absolute Gasteiger partial charge is 0.439 e. The molecule has 3 aliphatic heterocycles. The number of benzene rings is 2. The maximum atomic E-state index is 13.9. The number of nitriles is 1. The normalized spacial score (nSPS) is 17.9. The minimum Gasteiger partial charge on any atom is -0.439 e. The SMILES string of the molecule is C=C(F)C(=O)N1CCN(c2nc(Oc3cccc4c3CCN(C)C4)cc3c2CCN(c2cccc4ccc(=O)n(C)c24)C3)C[C@@H]1CC#N. The van der Waals surface area contributed by atoms with Crippen molar-refractivity contribution in [3.05, 3.63) is 99.6 Å². The molecule has 0 radical (unpaired) electrons. The number of para-hydroxylation sites is 1. The number of hydrogen-bond donors (Lipinski definition) is 0. The van der Waals surface area contributed by atoms with E-state index in [1.165, 1.54) is 16.0 Å². The minimum atomic E-state index is -1.03. The second-order valence-corrected chi connectivity index (χ2v) is 12.9. The quantitative estimate of drug-likeness (QED) is 0.278. The van der Waals surface area contributed by atoms with Crippen molar-refractivity contribution >= 4 is 28.3 Å². The Bertz CT molecular complexity index is 2040. The van der Waals surface area contributed by atoms with Crippen LogP contribution in [0.2, 0.25) is 0 Å². The Hall–Kier alpha value is -5.21. The van der Waals surface area contributed by atoms with Crippen molar-refractivity contribution in [3.8, 4) is 17.7 Å². The molecule has 7 rings (SSSR count). The zero-order valence-corrected chi connectivity index (χ0v) is 27.3. The molecule has 0 N–H and O–H groups in total. The van der Waals surface area contributed by atoms with Gasteiger partial charge in [0.05, 0.1) is 29.7 Å². The number of anilines is 2. The van der Waals surface area contributed by atoms with Gasteiger partial charge in [0.1, 0.15) is 11.6 Å². The molecule has 2 aromatic carbocycles. The summed E-state index contributed by atoms with van der Waals surface area (Å²) in [6.07, 6.45) is 1.62. The van der Waals surface area contributed by atoms with Crippen molar-refractivity contribution in [1.29, 1.82) is 5.26 Å². The molecule has 0 bridgehead atoms. The van der Waals surface area contributed by atoms with Crippen molar-refractivity contribution in [2.75, 3.05) is 49.6 Å². The summed E-state index contributed by atoms with van der Waals surface area (Å²) in [5.41, 5.74) is 6.35. The van der Waals surface area contributed by atoms with Crippen molar-refractivity contribution < 1.29 is 13.9 Å². The maximum absolute atomic E-state index is 13.9. The highest BCUT2D eigenvalue weighted by molar-refractivity contribution is 5.92. The van der Waals surface area contributed by atoms with Crippen LogP contribution in [0, 0.1) is 11.3 Å². The van der Waals surface area contributed by atoms with Gasteiger partial charge < -0.3 is 28.9 Å². The number of aryl methyl sites for hydroxylation is 1. The highest BCUT2D eigenvalue weighted by Gasteiger charge is 2.34. The van der Waals surface area contributed by atoms with E-state index >= 15 is 0 Å². The molecular formula is C37H38FN7O3. The molecule has 0 spiro atoms. The average molecular weight is 648 g/mol. The number of rotatable bonds is 6. The fraction of sp³-hybridized carbons (Fsp3) is 0.351. The van der Waals surface area contributed by atoms with Crippen molar-refractivity contribution in [2.24, 2.45) is 7.05 Å². The number of pyridine rings is 2. The first-order chi connectivity index (χ1) is 23.2. The molecule has 4 aromatic rings. The smallest absolute Gasteiger partial charge is 0.282 e. The van der Waals surface area contributed by atoms with Gasteiger partial charge in [0, 0.05) is 81.5 Å². The van der Waals surface area contributed by atoms with Crippen molar-refractivity contribution in [2.45, 2.75) is 38.4 Å². The molecule has 246 valence electrons. The van der Waals surface area contributed by atoms with Gasteiger partial charge in [-0.25, -0.2) is 4.39 Å². The van der Waals surface area contributed by atoms with Crippen LogP contribution in [0.1, 0.15) is 28.7 Å². The number of ether oxygens (including phenoxy) is 1. The molecule has 2 aromatic heterocycles. The predicted octanol–water partition coefficient (Wildman–Crippen LogP) is 4.69. The van der Waals surface area contributed by atoms with Crippen LogP contribution in [0.4, 0.5) is 15.9 Å². The Morgan fingerprint density at radius 2 is 1.81 bits per heavy atom. The van der Waals surface area contributed by atoms with Crippen LogP contribution in [0.5, 0.6) is 11.6 Å². The number of amides is 1. The Morgan fingerprint density at radius 1 is 1.00 bits per heavy atom. The summed E-state index contributed by atoms with van der Waals surface area (Å²) in [4.78, 5) is 38.5. The molecule has 1 fully saturated rings. The van der Waals surface area contributed by atoms with E-state index in [4.69, 9.17) is 9.72 Å². The Kier molecular flexibility index (Phi) is 8.35. The van der Waals surface area contributed by atoms with Crippen LogP contribution < -0.4 is 20.1 Å². The fourth-order valence-corrected chi connectivity index (χ4v) is 7.41. The van der Waals surface area contributed by atoms with E-state index < -0.39 is 17.8 Å². The van der Waals surface area contributed by atoms with Crippen LogP contribution in [0.3, 0.4) is 0 Å². The molecule has 0 saturated carbocycles. The highest BCUT2D eigenvalue weighted by Crippen LogP contribution is 2.38. The molecule has 1 saturated heterocycles. The van der Waals surface area contributed by atoms with Crippen molar-refractivity contribution in [1.82, 2.24) is 19.4 Å². The third kappa shape index (κ3) is 5.77. The van der Waals surface area contributed by atoms with Gasteiger partial charge in [0.25, 0.3) is 11.5 Å². The molecule has 5 heterocycles. The second kappa shape index (κ2) is 12.8. The summed E-state index contributed by atoms with van der Waals surface area (Å²) >= 11 is 0. The highest BCUT2D eigenvalue weighted by atomic mass is 19.1. The van der Waals surface area contributed by atoms with E-state index in [0.29, 0.717) is 38.5 Å². The number of likely N-dealkylation sites (N-methyl/N-ethyl adjacent to an activating group) is 1. The molecular weight excluding hydrogens is 609 g/mol. The summed E-state index contributed by atoms with van der Waals surface area (Å²) in [6.45, 7) is 7.26. The van der Waals surface area contributed by atoms with Gasteiger partial charge in [-0.3, -0.25) is 9.59 Å². The second-order valence-electron chi connectivity index (χ2n) is 12.9. The fourth-order valence-electron chi connectivity index (χ4n) is 7.41. The molecule has 0 unspecified atom stereocenters. The Morgan fingerprint density at radius 3 is 2.62 bits per heavy atom. The predicted molar refractivity (Wildman–Crippen MR) is 183 cm³/mol. The number of fused-ring (bicyclic) bond motifs is 3. The number of carbonyl (C=O) groups excluding carboxylic acids is 1. The summed E-state index contributed by atoms with van der Waals surface area (Å²) in [5, 5.41) is 10.6. The lowest BCUT2D eigenvalue weighted by molar-refractivity contribution is -0.131. The third-order valence-corrected chi connectivity index (χ3v) is 9.85. The number of piperazine rings is 1. The van der Waals surface area contributed by atoms with Gasteiger partial charge in [0.2, 0.25) is 5.88 Å². The first-order valence-electron chi connectivity index (χ1n) is 16.3. The van der Waals surface area contributed by atoms with Gasteiger partial charge >= 0.3 is 0 Å². The molecule has 1 amide bonds. The maximum Gasteiger partial charge on any atom is 0.282 e. The van der Waals surface area contributed by atoms with Gasteiger partial charge in [-0.15, -0.1) is 0 Å². The van der Waals surface area contributed by atoms with Gasteiger partial charge in [0.15, 0.2) is 5.83 Å². The van der Waals surface area contributed by atoms with Crippen LogP contribution in [0.25, 0.3) is 10.9 Å². The van der Waals surface area contributed by atoms with E-state index in [9.17, 15) is 19.2 Å². The number of hydrogen-bond acceptors (Lipinski definition) is 8. The lowest BCUT2D eigenvalue weighted by Gasteiger charge is -2.42. The van der Waals surface area contributed by atoms with E-state index in [-0.39, 0.29) is 18.5 Å². The lowest BCUT2D eigenvalue weighted by atomic mass is 9.98. The monoisotopic (exact) mass is 647 g/mol. The number of halogens is 1. The van der Waals surface area contributed by atoms with Gasteiger partial charge in [-0.2, -0.15) is 10.2 Å². The topological polar surface area (TPSA) is 97.9 Å². The number of nitrogens with zero attached hydrogens (tertiary/aromatic N) is 7. The van der Waals surface area contributed by atoms with E-state index in [0.717, 1.165) is 58.8 Å². The molecule has 10 nitrogen and oxygen atoms in total. The van der Waals surface area contributed by atoms with E-state index in [1.54, 1.807) is 17.7 Å². The van der Waals surface area contributed by atoms with E-state index in [1.807, 2.05) is 36.4 Å². The zero-order valence-electron chi connectivity index (χ0n) is 27.3. The molecule has 48 heavy (non-hydrogen) atoms. The average Bonchev–Trinajstić information content (AvgIpc) is 3.09. The number of carbonyl (C=O) groups is 1. The van der Waals surface area contributed by atoms with Crippen LogP contribution in [-0.4, -0.2) is 71.1 Å². The minimum absolute atomic E-state index is 0.0616. The lowest BCUT2D eigenvalue weighted by Crippen LogP contribution is -2.55. The Labute approximate surface area is 278 Å². The Balaban J connectivity index is 1.29. The third-order valence-electron chi connectivity index (χ3n) is 9.85. The number of aromatic nitrogens is 2. The summed E-state index contributed by atoms with van der Waals surface area (Å²) < 4.78 is 22.2. The van der Waals surface area contributed by atoms with Crippen LogP contribution in [-0.2, 0) is 37.8 Å². The summed E-state index contributed by atoms with van der Waals surface area (Å²) in [6, 6.07) is 19.4. The summed E-state index contributed by atoms with van der Waals surface area (Å²) in [5.74, 6) is 0.207. The first kappa shape index (κ1) is 31.4.